The highest BCUT2D eigenvalue weighted by molar-refractivity contribution is 5.80. The summed E-state index contributed by atoms with van der Waals surface area (Å²) in [6.45, 7) is 4.23. The van der Waals surface area contributed by atoms with E-state index in [9.17, 15) is 20.1 Å². The zero-order valence-electron chi connectivity index (χ0n) is 43.7. The van der Waals surface area contributed by atoms with E-state index in [0.29, 0.717) is 6.42 Å². The van der Waals surface area contributed by atoms with Crippen molar-refractivity contribution in [1.29, 1.82) is 0 Å². The van der Waals surface area contributed by atoms with Crippen LogP contribution in [0.1, 0.15) is 335 Å². The van der Waals surface area contributed by atoms with E-state index in [-0.39, 0.29) is 6.61 Å². The molecular weight excluding hydrogens is 787 g/mol. The van der Waals surface area contributed by atoms with Crippen molar-refractivity contribution in [2.45, 2.75) is 353 Å². The van der Waals surface area contributed by atoms with Crippen molar-refractivity contribution < 1.29 is 20.1 Å². The number of allylic oxidation sites excluding steroid dienone is 1. The number of rotatable bonds is 55. The summed E-state index contributed by atoms with van der Waals surface area (Å²) in [6.07, 6.45) is 68.7. The summed E-state index contributed by atoms with van der Waals surface area (Å²) in [7, 11) is 0. The third-order valence-corrected chi connectivity index (χ3v) is 14.1. The fraction of sp³-hybridized carbons (Fsp3) is 0.949. The third kappa shape index (κ3) is 49.0. The lowest BCUT2D eigenvalue weighted by atomic mass is 10.0. The van der Waals surface area contributed by atoms with Crippen molar-refractivity contribution in [3.05, 3.63) is 12.2 Å². The minimum Gasteiger partial charge on any atom is -0.394 e. The molecule has 4 N–H and O–H groups in total. The lowest BCUT2D eigenvalue weighted by Crippen LogP contribution is -2.48. The van der Waals surface area contributed by atoms with E-state index in [0.717, 1.165) is 32.1 Å². The molecule has 0 aromatic rings. The molecule has 0 aliphatic carbocycles. The van der Waals surface area contributed by atoms with Crippen LogP contribution in [0.15, 0.2) is 12.2 Å². The number of hydrogen-bond acceptors (Lipinski definition) is 4. The minimum atomic E-state index is -1.09. The first-order chi connectivity index (χ1) is 31.6. The Labute approximate surface area is 401 Å². The van der Waals surface area contributed by atoms with Gasteiger partial charge in [-0.25, -0.2) is 0 Å². The molecular formula is C59H117NO4. The van der Waals surface area contributed by atoms with E-state index < -0.39 is 24.2 Å². The maximum Gasteiger partial charge on any atom is 0.249 e. The van der Waals surface area contributed by atoms with Crippen LogP contribution >= 0.6 is 0 Å². The predicted molar refractivity (Wildman–Crippen MR) is 282 cm³/mol. The Hall–Kier alpha value is -0.910. The second-order valence-electron chi connectivity index (χ2n) is 20.6. The second-order valence-corrected chi connectivity index (χ2v) is 20.6. The molecule has 3 atom stereocenters. The van der Waals surface area contributed by atoms with Crippen molar-refractivity contribution >= 4 is 5.91 Å². The Morgan fingerprint density at radius 3 is 0.859 bits per heavy atom. The van der Waals surface area contributed by atoms with Crippen LogP contribution in [0.5, 0.6) is 0 Å². The highest BCUT2D eigenvalue weighted by Crippen LogP contribution is 2.18. The predicted octanol–water partition coefficient (Wildman–Crippen LogP) is 18.3. The smallest absolute Gasteiger partial charge is 0.249 e. The lowest BCUT2D eigenvalue weighted by Gasteiger charge is -2.21. The summed E-state index contributed by atoms with van der Waals surface area (Å²) in [4.78, 5) is 12.6. The Morgan fingerprint density at radius 2 is 0.609 bits per heavy atom. The first-order valence-electron chi connectivity index (χ1n) is 29.5. The topological polar surface area (TPSA) is 89.8 Å². The summed E-state index contributed by atoms with van der Waals surface area (Å²) >= 11 is 0. The maximum atomic E-state index is 12.6. The maximum absolute atomic E-state index is 12.6. The number of aliphatic hydroxyl groups excluding tert-OH is 3. The Balaban J connectivity index is 3.52. The molecule has 0 saturated carbocycles. The van der Waals surface area contributed by atoms with Crippen molar-refractivity contribution in [3.63, 3.8) is 0 Å². The molecule has 0 aliphatic rings. The molecule has 0 aromatic carbocycles. The number of carbonyl (C=O) groups is 1. The molecule has 3 unspecified atom stereocenters. The van der Waals surface area contributed by atoms with Gasteiger partial charge in [0.15, 0.2) is 0 Å². The zero-order chi connectivity index (χ0) is 46.5. The molecule has 5 nitrogen and oxygen atoms in total. The normalized spacial score (nSPS) is 13.3. The van der Waals surface area contributed by atoms with Crippen molar-refractivity contribution in [1.82, 2.24) is 5.32 Å². The van der Waals surface area contributed by atoms with E-state index in [1.165, 1.54) is 283 Å². The number of carbonyl (C=O) groups excluding carboxylic acids is 1. The van der Waals surface area contributed by atoms with Crippen LogP contribution in [0.2, 0.25) is 0 Å². The molecule has 0 heterocycles. The lowest BCUT2D eigenvalue weighted by molar-refractivity contribution is -0.131. The number of amides is 1. The van der Waals surface area contributed by atoms with Crippen LogP contribution in [0.25, 0.3) is 0 Å². The van der Waals surface area contributed by atoms with Crippen LogP contribution in [-0.2, 0) is 4.79 Å². The number of aliphatic hydroxyl groups is 3. The highest BCUT2D eigenvalue weighted by atomic mass is 16.3. The third-order valence-electron chi connectivity index (χ3n) is 14.1. The molecule has 0 saturated heterocycles. The van der Waals surface area contributed by atoms with Gasteiger partial charge in [-0.2, -0.15) is 0 Å². The van der Waals surface area contributed by atoms with Crippen LogP contribution < -0.4 is 5.32 Å². The van der Waals surface area contributed by atoms with Gasteiger partial charge in [-0.3, -0.25) is 4.79 Å². The summed E-state index contributed by atoms with van der Waals surface area (Å²) in [5.41, 5.74) is 0. The molecule has 0 spiro atoms. The van der Waals surface area contributed by atoms with Gasteiger partial charge >= 0.3 is 0 Å². The van der Waals surface area contributed by atoms with Gasteiger partial charge in [0.1, 0.15) is 6.10 Å². The molecule has 0 fully saturated rings. The Morgan fingerprint density at radius 1 is 0.375 bits per heavy atom. The summed E-state index contributed by atoms with van der Waals surface area (Å²) < 4.78 is 0. The van der Waals surface area contributed by atoms with Gasteiger partial charge in [-0.05, 0) is 19.3 Å². The van der Waals surface area contributed by atoms with Crippen LogP contribution in [0.3, 0.4) is 0 Å². The quantitative estimate of drug-likeness (QED) is 0.0362. The fourth-order valence-corrected chi connectivity index (χ4v) is 9.54. The van der Waals surface area contributed by atoms with E-state index >= 15 is 0 Å². The largest absolute Gasteiger partial charge is 0.394 e. The number of nitrogens with one attached hydrogen (secondary N) is 1. The molecule has 5 heteroatoms. The average Bonchev–Trinajstić information content (AvgIpc) is 3.30. The van der Waals surface area contributed by atoms with Crippen molar-refractivity contribution in [2.75, 3.05) is 6.61 Å². The van der Waals surface area contributed by atoms with Gasteiger partial charge in [0.05, 0.1) is 18.8 Å². The van der Waals surface area contributed by atoms with Gasteiger partial charge in [0.2, 0.25) is 5.91 Å². The van der Waals surface area contributed by atoms with Gasteiger partial charge < -0.3 is 20.6 Å². The minimum absolute atomic E-state index is 0.358. The van der Waals surface area contributed by atoms with Crippen LogP contribution in [0.4, 0.5) is 0 Å². The average molecular weight is 905 g/mol. The summed E-state index contributed by atoms with van der Waals surface area (Å²) in [5.74, 6) is -0.495. The standard InChI is InChI=1S/C59H117NO4/c1-3-5-7-9-11-13-15-17-19-21-23-25-27-28-29-30-32-34-36-38-40-42-44-46-48-50-52-54-58(63)59(64)60-56(55-61)57(62)53-51-49-47-45-43-41-39-37-35-33-31-26-24-22-20-18-16-14-12-10-8-6-4-2/h51,53,56-58,61-63H,3-50,52,54-55H2,1-2H3,(H,60,64)/b53-51+. The van der Waals surface area contributed by atoms with Gasteiger partial charge in [0.25, 0.3) is 0 Å². The fourth-order valence-electron chi connectivity index (χ4n) is 9.54. The van der Waals surface area contributed by atoms with Gasteiger partial charge in [-0.1, -0.05) is 328 Å². The second kappa shape index (κ2) is 54.7. The first-order valence-corrected chi connectivity index (χ1v) is 29.5. The molecule has 0 radical (unpaired) electrons. The summed E-state index contributed by atoms with van der Waals surface area (Å²) in [5, 5.41) is 33.4. The van der Waals surface area contributed by atoms with Crippen LogP contribution in [0, 0.1) is 0 Å². The number of unbranched alkanes of at least 4 members (excludes halogenated alkanes) is 47. The van der Waals surface area contributed by atoms with E-state index in [4.69, 9.17) is 0 Å². The van der Waals surface area contributed by atoms with E-state index in [1.54, 1.807) is 6.08 Å². The molecule has 0 aliphatic heterocycles. The monoisotopic (exact) mass is 904 g/mol. The summed E-state index contributed by atoms with van der Waals surface area (Å²) in [6, 6.07) is -0.795. The van der Waals surface area contributed by atoms with Gasteiger partial charge in [0, 0.05) is 0 Å². The molecule has 0 bridgehead atoms. The SMILES string of the molecule is CCCCCCCCCCCCCCCCCCCCCCC/C=C/C(O)C(CO)NC(=O)C(O)CCCCCCCCCCCCCCCCCCCCCCCCCCCCC. The van der Waals surface area contributed by atoms with Crippen molar-refractivity contribution in [3.8, 4) is 0 Å². The van der Waals surface area contributed by atoms with Gasteiger partial charge in [-0.15, -0.1) is 0 Å². The number of hydrogen-bond donors (Lipinski definition) is 4. The molecule has 0 aromatic heterocycles. The zero-order valence-corrected chi connectivity index (χ0v) is 43.7. The van der Waals surface area contributed by atoms with E-state index in [2.05, 4.69) is 19.2 Å². The molecule has 382 valence electrons. The molecule has 1 amide bonds. The highest BCUT2D eigenvalue weighted by Gasteiger charge is 2.22. The Kier molecular flexibility index (Phi) is 53.9. The Bertz CT molecular complexity index is 909. The molecule has 64 heavy (non-hydrogen) atoms. The van der Waals surface area contributed by atoms with Crippen molar-refractivity contribution in [2.24, 2.45) is 0 Å². The molecule has 0 rings (SSSR count). The first kappa shape index (κ1) is 63.1. The van der Waals surface area contributed by atoms with Crippen LogP contribution in [-0.4, -0.2) is 46.1 Å². The van der Waals surface area contributed by atoms with E-state index in [1.807, 2.05) is 6.08 Å².